The number of nitrogens with zero attached hydrogens (tertiary/aromatic N) is 3. The zero-order valence-corrected chi connectivity index (χ0v) is 16.8. The van der Waals surface area contributed by atoms with E-state index >= 15 is 0 Å². The highest BCUT2D eigenvalue weighted by Crippen LogP contribution is 2.27. The first-order chi connectivity index (χ1) is 13.0. The van der Waals surface area contributed by atoms with Gasteiger partial charge in [0.15, 0.2) is 0 Å². The van der Waals surface area contributed by atoms with Gasteiger partial charge in [-0.1, -0.05) is 23.2 Å². The number of aromatic nitrogens is 1. The van der Waals surface area contributed by atoms with Crippen LogP contribution in [-0.4, -0.2) is 54.4 Å². The van der Waals surface area contributed by atoms with Crippen LogP contribution < -0.4 is 5.43 Å². The largest absolute Gasteiger partial charge is 0.379 e. The number of morpholine rings is 1. The van der Waals surface area contributed by atoms with Crippen molar-refractivity contribution in [2.75, 3.05) is 32.8 Å². The summed E-state index contributed by atoms with van der Waals surface area (Å²) < 4.78 is 7.34. The lowest BCUT2D eigenvalue weighted by Crippen LogP contribution is -2.42. The lowest BCUT2D eigenvalue weighted by atomic mass is 10.2. The molecule has 1 N–H and O–H groups in total. The van der Waals surface area contributed by atoms with Crippen molar-refractivity contribution in [2.45, 2.75) is 13.8 Å². The van der Waals surface area contributed by atoms with E-state index in [9.17, 15) is 4.79 Å². The molecule has 1 fully saturated rings. The number of hydrogen-bond acceptors (Lipinski definition) is 4. The molecule has 1 aliphatic rings. The molecule has 8 heteroatoms. The Morgan fingerprint density at radius 3 is 2.67 bits per heavy atom. The number of amides is 1. The van der Waals surface area contributed by atoms with Crippen LogP contribution in [0.3, 0.4) is 0 Å². The predicted molar refractivity (Wildman–Crippen MR) is 108 cm³/mol. The number of halogens is 2. The molecule has 0 atom stereocenters. The van der Waals surface area contributed by atoms with Crippen LogP contribution in [0.1, 0.15) is 17.0 Å². The first kappa shape index (κ1) is 19.9. The van der Waals surface area contributed by atoms with Crippen LogP contribution in [0.5, 0.6) is 0 Å². The summed E-state index contributed by atoms with van der Waals surface area (Å²) in [5.74, 6) is -0.133. The molecular formula is C19H22Cl2N4O2. The lowest BCUT2D eigenvalue weighted by Gasteiger charge is -2.25. The molecule has 0 radical (unpaired) electrons. The molecule has 0 bridgehead atoms. The van der Waals surface area contributed by atoms with Gasteiger partial charge in [-0.15, -0.1) is 0 Å². The van der Waals surface area contributed by atoms with Gasteiger partial charge in [-0.05, 0) is 38.1 Å². The topological polar surface area (TPSA) is 58.9 Å². The molecule has 3 rings (SSSR count). The number of ether oxygens (including phenoxy) is 1. The number of hydrogen-bond donors (Lipinski definition) is 1. The summed E-state index contributed by atoms with van der Waals surface area (Å²) in [6.07, 6.45) is 1.66. The Bertz CT molecular complexity index is 858. The van der Waals surface area contributed by atoms with Crippen molar-refractivity contribution in [3.05, 3.63) is 51.3 Å². The summed E-state index contributed by atoms with van der Waals surface area (Å²) in [6, 6.07) is 7.53. The van der Waals surface area contributed by atoms with E-state index in [1.165, 1.54) is 0 Å². The fourth-order valence-electron chi connectivity index (χ4n) is 3.11. The number of nitrogens with one attached hydrogen (secondary N) is 1. The zero-order chi connectivity index (χ0) is 19.4. The summed E-state index contributed by atoms with van der Waals surface area (Å²) in [5, 5.41) is 5.13. The number of hydrazone groups is 1. The molecule has 2 heterocycles. The van der Waals surface area contributed by atoms with Crippen LogP contribution in [0, 0.1) is 13.8 Å². The van der Waals surface area contributed by atoms with Gasteiger partial charge in [-0.2, -0.15) is 5.10 Å². The zero-order valence-electron chi connectivity index (χ0n) is 15.3. The lowest BCUT2D eigenvalue weighted by molar-refractivity contribution is -0.123. The Labute approximate surface area is 168 Å². The number of rotatable bonds is 5. The standard InChI is InChI=1S/C19H22Cl2N4O2/c1-13-9-15(11-22-23-19(26)12-24-5-7-27-8-6-24)14(2)25(13)16-3-4-17(20)18(21)10-16/h3-4,9-11H,5-8,12H2,1-2H3,(H,23,26)/b22-11-. The first-order valence-corrected chi connectivity index (χ1v) is 9.47. The Hall–Kier alpha value is -1.86. The Kier molecular flexibility index (Phi) is 6.55. The molecule has 2 aromatic rings. The van der Waals surface area contributed by atoms with E-state index in [0.717, 1.165) is 35.7 Å². The smallest absolute Gasteiger partial charge is 0.254 e. The van der Waals surface area contributed by atoms with Crippen molar-refractivity contribution in [1.82, 2.24) is 14.9 Å². The van der Waals surface area contributed by atoms with Crippen LogP contribution >= 0.6 is 23.2 Å². The fraction of sp³-hybridized carbons (Fsp3) is 0.368. The summed E-state index contributed by atoms with van der Waals surface area (Å²) in [6.45, 7) is 7.18. The van der Waals surface area contributed by atoms with E-state index in [1.807, 2.05) is 36.9 Å². The Morgan fingerprint density at radius 1 is 1.22 bits per heavy atom. The Balaban J connectivity index is 1.67. The maximum absolute atomic E-state index is 12.0. The highest BCUT2D eigenvalue weighted by Gasteiger charge is 2.14. The van der Waals surface area contributed by atoms with Gasteiger partial charge in [0.1, 0.15) is 0 Å². The van der Waals surface area contributed by atoms with E-state index in [-0.39, 0.29) is 5.91 Å². The second kappa shape index (κ2) is 8.89. The van der Waals surface area contributed by atoms with Crippen molar-refractivity contribution in [3.8, 4) is 5.69 Å². The van der Waals surface area contributed by atoms with Gasteiger partial charge in [0.2, 0.25) is 0 Å². The van der Waals surface area contributed by atoms with Crippen LogP contribution in [0.2, 0.25) is 10.0 Å². The molecule has 1 saturated heterocycles. The maximum Gasteiger partial charge on any atom is 0.254 e. The van der Waals surface area contributed by atoms with Gasteiger partial charge in [0.05, 0.1) is 36.0 Å². The van der Waals surface area contributed by atoms with Crippen molar-refractivity contribution in [1.29, 1.82) is 0 Å². The number of benzene rings is 1. The van der Waals surface area contributed by atoms with E-state index in [4.69, 9.17) is 27.9 Å². The highest BCUT2D eigenvalue weighted by atomic mass is 35.5. The average molecular weight is 409 g/mol. The normalized spacial score (nSPS) is 15.4. The van der Waals surface area contributed by atoms with Crippen LogP contribution in [-0.2, 0) is 9.53 Å². The first-order valence-electron chi connectivity index (χ1n) is 8.72. The van der Waals surface area contributed by atoms with Gasteiger partial charge in [-0.3, -0.25) is 9.69 Å². The van der Waals surface area contributed by atoms with Crippen LogP contribution in [0.15, 0.2) is 29.4 Å². The maximum atomic E-state index is 12.0. The molecule has 0 spiro atoms. The van der Waals surface area contributed by atoms with Gasteiger partial charge >= 0.3 is 0 Å². The second-order valence-electron chi connectivity index (χ2n) is 6.44. The monoisotopic (exact) mass is 408 g/mol. The van der Waals surface area contributed by atoms with E-state index in [0.29, 0.717) is 29.8 Å². The van der Waals surface area contributed by atoms with Crippen molar-refractivity contribution < 1.29 is 9.53 Å². The van der Waals surface area contributed by atoms with Crippen LogP contribution in [0.25, 0.3) is 5.69 Å². The third kappa shape index (κ3) is 4.90. The molecule has 0 aliphatic carbocycles. The minimum atomic E-state index is -0.133. The number of carbonyl (C=O) groups is 1. The molecule has 0 unspecified atom stereocenters. The van der Waals surface area contributed by atoms with Crippen molar-refractivity contribution in [3.63, 3.8) is 0 Å². The molecule has 1 amide bonds. The molecule has 144 valence electrons. The molecule has 0 saturated carbocycles. The minimum Gasteiger partial charge on any atom is -0.379 e. The summed E-state index contributed by atoms with van der Waals surface area (Å²) in [7, 11) is 0. The summed E-state index contributed by atoms with van der Waals surface area (Å²) in [4.78, 5) is 14.1. The molecule has 27 heavy (non-hydrogen) atoms. The molecular weight excluding hydrogens is 387 g/mol. The van der Waals surface area contributed by atoms with Gasteiger partial charge < -0.3 is 9.30 Å². The quantitative estimate of drug-likeness (QED) is 0.610. The summed E-state index contributed by atoms with van der Waals surface area (Å²) in [5.41, 5.74) is 6.47. The second-order valence-corrected chi connectivity index (χ2v) is 7.26. The predicted octanol–water partition coefficient (Wildman–Crippen LogP) is 3.18. The highest BCUT2D eigenvalue weighted by molar-refractivity contribution is 6.42. The molecule has 6 nitrogen and oxygen atoms in total. The molecule has 1 aromatic heterocycles. The van der Waals surface area contributed by atoms with Crippen molar-refractivity contribution in [2.24, 2.45) is 5.10 Å². The van der Waals surface area contributed by atoms with Gasteiger partial charge in [0, 0.05) is 35.7 Å². The van der Waals surface area contributed by atoms with Crippen molar-refractivity contribution >= 4 is 35.3 Å². The SMILES string of the molecule is Cc1cc(/C=N\NC(=O)CN2CCOCC2)c(C)n1-c1ccc(Cl)c(Cl)c1. The van der Waals surface area contributed by atoms with Gasteiger partial charge in [-0.25, -0.2) is 5.43 Å². The number of carbonyl (C=O) groups excluding carboxylic acids is 1. The van der Waals surface area contributed by atoms with E-state index < -0.39 is 0 Å². The Morgan fingerprint density at radius 2 is 1.96 bits per heavy atom. The average Bonchev–Trinajstić information content (AvgIpc) is 2.92. The van der Waals surface area contributed by atoms with E-state index in [2.05, 4.69) is 15.1 Å². The molecule has 1 aromatic carbocycles. The summed E-state index contributed by atoms with van der Waals surface area (Å²) >= 11 is 12.2. The third-order valence-electron chi connectivity index (χ3n) is 4.50. The van der Waals surface area contributed by atoms with Gasteiger partial charge in [0.25, 0.3) is 5.91 Å². The van der Waals surface area contributed by atoms with E-state index in [1.54, 1.807) is 12.3 Å². The molecule has 1 aliphatic heterocycles. The van der Waals surface area contributed by atoms with Crippen LogP contribution in [0.4, 0.5) is 0 Å². The number of aryl methyl sites for hydroxylation is 1. The fourth-order valence-corrected chi connectivity index (χ4v) is 3.40. The third-order valence-corrected chi connectivity index (χ3v) is 5.23. The minimum absolute atomic E-state index is 0.133.